The zero-order chi connectivity index (χ0) is 23.8. The number of hydrogen-bond donors (Lipinski definition) is 2. The summed E-state index contributed by atoms with van der Waals surface area (Å²) in [4.78, 5) is 20.8. The van der Waals surface area contributed by atoms with Gasteiger partial charge in [0.05, 0.1) is 16.0 Å². The molecule has 2 aromatic heterocycles. The Balaban J connectivity index is 1.29. The first kappa shape index (κ1) is 22.1. The molecule has 172 valence electrons. The summed E-state index contributed by atoms with van der Waals surface area (Å²) in [6.45, 7) is 0. The molecular weight excluding hydrogens is 478 g/mol. The van der Waals surface area contributed by atoms with Crippen molar-refractivity contribution in [3.05, 3.63) is 83.8 Å². The number of nitrogens with one attached hydrogen (secondary N) is 2. The maximum absolute atomic E-state index is 13.1. The lowest BCUT2D eigenvalue weighted by molar-refractivity contribution is -0.118. The van der Waals surface area contributed by atoms with Gasteiger partial charge in [0.1, 0.15) is 0 Å². The Kier molecular flexibility index (Phi) is 5.54. The van der Waals surface area contributed by atoms with Crippen LogP contribution in [0.2, 0.25) is 5.02 Å². The number of benzene rings is 2. The second kappa shape index (κ2) is 8.54. The number of anilines is 2. The molecule has 1 fully saturated rings. The number of rotatable bonds is 7. The SMILES string of the molecule is O=C(Nc1ccc(S(=O)(=O)Nc2ncccn2)cc1)C1(c2cc(-c3ccc(Cl)cc3)on2)CC1. The number of hydrogen-bond acceptors (Lipinski definition) is 7. The van der Waals surface area contributed by atoms with Crippen molar-refractivity contribution in [2.24, 2.45) is 0 Å². The number of halogens is 1. The number of sulfonamides is 1. The van der Waals surface area contributed by atoms with E-state index in [0.717, 1.165) is 5.56 Å². The van der Waals surface area contributed by atoms with Crippen LogP contribution in [0.25, 0.3) is 11.3 Å². The number of carbonyl (C=O) groups excluding carboxylic acids is 1. The van der Waals surface area contributed by atoms with Crippen molar-refractivity contribution in [1.82, 2.24) is 15.1 Å². The van der Waals surface area contributed by atoms with Crippen molar-refractivity contribution in [3.8, 4) is 11.3 Å². The molecule has 1 saturated carbocycles. The number of amides is 1. The summed E-state index contributed by atoms with van der Waals surface area (Å²) in [6.07, 6.45) is 4.15. The third-order valence-corrected chi connectivity index (χ3v) is 7.12. The molecule has 0 bridgehead atoms. The van der Waals surface area contributed by atoms with Gasteiger partial charge in [-0.15, -0.1) is 0 Å². The predicted octanol–water partition coefficient (Wildman–Crippen LogP) is 4.26. The molecule has 0 saturated heterocycles. The Bertz CT molecular complexity index is 1430. The first-order valence-corrected chi connectivity index (χ1v) is 12.2. The maximum atomic E-state index is 13.1. The topological polar surface area (TPSA) is 127 Å². The predicted molar refractivity (Wildman–Crippen MR) is 126 cm³/mol. The Labute approximate surface area is 200 Å². The molecule has 4 aromatic rings. The van der Waals surface area contributed by atoms with Gasteiger partial charge in [-0.1, -0.05) is 16.8 Å². The van der Waals surface area contributed by atoms with E-state index in [1.807, 2.05) is 12.1 Å². The van der Waals surface area contributed by atoms with E-state index in [1.54, 1.807) is 24.3 Å². The standard InChI is InChI=1S/C23H18ClN5O4S/c24-16-4-2-15(3-5-16)19-14-20(28-33-19)23(10-11-23)21(30)27-17-6-8-18(9-7-17)34(31,32)29-22-25-12-1-13-26-22/h1-9,12-14H,10-11H2,(H,27,30)(H,25,26,29). The van der Waals surface area contributed by atoms with E-state index in [0.29, 0.717) is 35.0 Å². The molecule has 0 atom stereocenters. The first-order chi connectivity index (χ1) is 16.4. The van der Waals surface area contributed by atoms with Crippen LogP contribution in [0.1, 0.15) is 18.5 Å². The number of carbonyl (C=O) groups is 1. The van der Waals surface area contributed by atoms with Gasteiger partial charge in [-0.25, -0.2) is 23.1 Å². The van der Waals surface area contributed by atoms with Gasteiger partial charge < -0.3 is 9.84 Å². The molecule has 11 heteroatoms. The molecule has 2 heterocycles. The average Bonchev–Trinajstić information content (AvgIpc) is 3.50. The highest BCUT2D eigenvalue weighted by Crippen LogP contribution is 2.49. The third kappa shape index (κ3) is 4.37. The zero-order valence-corrected chi connectivity index (χ0v) is 19.2. The highest BCUT2D eigenvalue weighted by Gasteiger charge is 2.53. The monoisotopic (exact) mass is 495 g/mol. The Morgan fingerprint density at radius 1 is 1.00 bits per heavy atom. The van der Waals surface area contributed by atoms with Gasteiger partial charge in [0.25, 0.3) is 10.0 Å². The lowest BCUT2D eigenvalue weighted by Crippen LogP contribution is -2.28. The lowest BCUT2D eigenvalue weighted by atomic mass is 10.00. The van der Waals surface area contributed by atoms with Crippen molar-refractivity contribution in [2.45, 2.75) is 23.2 Å². The molecule has 34 heavy (non-hydrogen) atoms. The highest BCUT2D eigenvalue weighted by molar-refractivity contribution is 7.92. The molecule has 0 unspecified atom stereocenters. The van der Waals surface area contributed by atoms with Gasteiger partial charge in [0.2, 0.25) is 11.9 Å². The molecule has 2 N–H and O–H groups in total. The Hall–Kier alpha value is -3.76. The molecule has 1 amide bonds. The van der Waals surface area contributed by atoms with Crippen LogP contribution in [0, 0.1) is 0 Å². The quantitative estimate of drug-likeness (QED) is 0.392. The summed E-state index contributed by atoms with van der Waals surface area (Å²) in [5.41, 5.74) is 1.06. The molecule has 1 aliphatic carbocycles. The van der Waals surface area contributed by atoms with Gasteiger partial charge in [0, 0.05) is 34.7 Å². The van der Waals surface area contributed by atoms with Crippen LogP contribution in [0.5, 0.6) is 0 Å². The Morgan fingerprint density at radius 3 is 2.32 bits per heavy atom. The fraction of sp³-hybridized carbons (Fsp3) is 0.130. The van der Waals surface area contributed by atoms with Gasteiger partial charge in [-0.2, -0.15) is 0 Å². The molecule has 0 aliphatic heterocycles. The summed E-state index contributed by atoms with van der Waals surface area (Å²) in [5, 5.41) is 7.60. The van der Waals surface area contributed by atoms with Crippen molar-refractivity contribution < 1.29 is 17.7 Å². The fourth-order valence-electron chi connectivity index (χ4n) is 3.47. The van der Waals surface area contributed by atoms with Crippen molar-refractivity contribution in [3.63, 3.8) is 0 Å². The summed E-state index contributed by atoms with van der Waals surface area (Å²) in [5.74, 6) is 0.297. The lowest BCUT2D eigenvalue weighted by Gasteiger charge is -2.13. The van der Waals surface area contributed by atoms with Crippen molar-refractivity contribution in [2.75, 3.05) is 10.0 Å². The Morgan fingerprint density at radius 2 is 1.68 bits per heavy atom. The summed E-state index contributed by atoms with van der Waals surface area (Å²) >= 11 is 5.93. The molecule has 2 aromatic carbocycles. The molecule has 9 nitrogen and oxygen atoms in total. The maximum Gasteiger partial charge on any atom is 0.264 e. The van der Waals surface area contributed by atoms with Crippen LogP contribution in [0.3, 0.4) is 0 Å². The zero-order valence-electron chi connectivity index (χ0n) is 17.6. The van der Waals surface area contributed by atoms with Crippen LogP contribution in [0.4, 0.5) is 11.6 Å². The number of nitrogens with zero attached hydrogens (tertiary/aromatic N) is 3. The van der Waals surface area contributed by atoms with E-state index in [4.69, 9.17) is 16.1 Å². The van der Waals surface area contributed by atoms with E-state index in [1.165, 1.54) is 36.7 Å². The minimum Gasteiger partial charge on any atom is -0.356 e. The van der Waals surface area contributed by atoms with Crippen molar-refractivity contribution >= 4 is 39.2 Å². The molecule has 0 spiro atoms. The molecule has 5 rings (SSSR count). The summed E-state index contributed by atoms with van der Waals surface area (Å²) in [6, 6.07) is 16.3. The minimum absolute atomic E-state index is 0.0168. The third-order valence-electron chi connectivity index (χ3n) is 5.53. The normalized spacial score (nSPS) is 14.4. The average molecular weight is 496 g/mol. The highest BCUT2D eigenvalue weighted by atomic mass is 35.5. The summed E-state index contributed by atoms with van der Waals surface area (Å²) in [7, 11) is -3.86. The first-order valence-electron chi connectivity index (χ1n) is 10.3. The molecule has 1 aliphatic rings. The van der Waals surface area contributed by atoms with Gasteiger partial charge >= 0.3 is 0 Å². The van der Waals surface area contributed by atoms with Crippen LogP contribution >= 0.6 is 11.6 Å². The van der Waals surface area contributed by atoms with Crippen LogP contribution in [0.15, 0.2) is 82.5 Å². The van der Waals surface area contributed by atoms with E-state index in [-0.39, 0.29) is 16.8 Å². The minimum atomic E-state index is -3.86. The van der Waals surface area contributed by atoms with Crippen LogP contribution in [-0.2, 0) is 20.2 Å². The van der Waals surface area contributed by atoms with Crippen LogP contribution in [-0.4, -0.2) is 29.4 Å². The second-order valence-electron chi connectivity index (χ2n) is 7.82. The molecular formula is C23H18ClN5O4S. The van der Waals surface area contributed by atoms with Crippen LogP contribution < -0.4 is 10.0 Å². The van der Waals surface area contributed by atoms with Crippen molar-refractivity contribution in [1.29, 1.82) is 0 Å². The summed E-state index contributed by atoms with van der Waals surface area (Å²) < 4.78 is 32.8. The fourth-order valence-corrected chi connectivity index (χ4v) is 4.56. The second-order valence-corrected chi connectivity index (χ2v) is 9.94. The molecule has 0 radical (unpaired) electrons. The van der Waals surface area contributed by atoms with E-state index < -0.39 is 15.4 Å². The number of aromatic nitrogens is 3. The largest absolute Gasteiger partial charge is 0.356 e. The van der Waals surface area contributed by atoms with Gasteiger partial charge in [0.15, 0.2) is 5.76 Å². The van der Waals surface area contributed by atoms with E-state index in [2.05, 4.69) is 25.2 Å². The smallest absolute Gasteiger partial charge is 0.264 e. The van der Waals surface area contributed by atoms with E-state index in [9.17, 15) is 13.2 Å². The van der Waals surface area contributed by atoms with Gasteiger partial charge in [-0.05, 0) is 67.4 Å². The van der Waals surface area contributed by atoms with E-state index >= 15 is 0 Å². The van der Waals surface area contributed by atoms with Gasteiger partial charge in [-0.3, -0.25) is 4.79 Å².